The van der Waals surface area contributed by atoms with Crippen LogP contribution in [0.25, 0.3) is 5.69 Å². The molecule has 0 bridgehead atoms. The lowest BCUT2D eigenvalue weighted by Gasteiger charge is -1.97. The molecule has 0 radical (unpaired) electrons. The zero-order chi connectivity index (χ0) is 10.1. The molecular weight excluding hydrogens is 186 g/mol. The summed E-state index contributed by atoms with van der Waals surface area (Å²) in [5, 5.41) is 13.3. The van der Waals surface area contributed by atoms with Gasteiger partial charge in [-0.1, -0.05) is 0 Å². The van der Waals surface area contributed by atoms with Crippen LogP contribution in [0.15, 0.2) is 33.9 Å². The minimum Gasteiger partial charge on any atom is -0.508 e. The Morgan fingerprint density at radius 2 is 1.50 bits per heavy atom. The van der Waals surface area contributed by atoms with Crippen molar-refractivity contribution < 1.29 is 5.11 Å². The first-order chi connectivity index (χ1) is 6.68. The van der Waals surface area contributed by atoms with E-state index in [4.69, 9.17) is 5.11 Å². The first-order valence-electron chi connectivity index (χ1n) is 3.87. The highest BCUT2D eigenvalue weighted by Crippen LogP contribution is 2.10. The van der Waals surface area contributed by atoms with E-state index in [0.29, 0.717) is 5.69 Å². The third-order valence-corrected chi connectivity index (χ3v) is 1.79. The second-order valence-electron chi connectivity index (χ2n) is 2.71. The van der Waals surface area contributed by atoms with Gasteiger partial charge in [-0.2, -0.15) is 0 Å². The smallest absolute Gasteiger partial charge is 0.348 e. The van der Waals surface area contributed by atoms with Crippen LogP contribution in [0.3, 0.4) is 0 Å². The van der Waals surface area contributed by atoms with E-state index in [-0.39, 0.29) is 5.75 Å². The van der Waals surface area contributed by atoms with Crippen LogP contribution in [0.1, 0.15) is 0 Å². The molecule has 0 spiro atoms. The monoisotopic (exact) mass is 193 g/mol. The van der Waals surface area contributed by atoms with E-state index in [1.165, 1.54) is 24.3 Å². The Morgan fingerprint density at radius 1 is 1.00 bits per heavy atom. The lowest BCUT2D eigenvalue weighted by atomic mass is 10.3. The van der Waals surface area contributed by atoms with Crippen LogP contribution in [0.5, 0.6) is 5.75 Å². The number of H-pyrrole nitrogens is 2. The number of aromatic amines is 2. The van der Waals surface area contributed by atoms with Gasteiger partial charge in [-0.05, 0) is 24.3 Å². The molecular formula is C8H7N3O3. The van der Waals surface area contributed by atoms with E-state index in [0.717, 1.165) is 4.57 Å². The fourth-order valence-corrected chi connectivity index (χ4v) is 1.15. The van der Waals surface area contributed by atoms with E-state index >= 15 is 0 Å². The molecule has 1 aromatic heterocycles. The lowest BCUT2D eigenvalue weighted by Crippen LogP contribution is -2.24. The van der Waals surface area contributed by atoms with Crippen molar-refractivity contribution in [2.75, 3.05) is 0 Å². The normalized spacial score (nSPS) is 10.3. The molecule has 0 aliphatic rings. The van der Waals surface area contributed by atoms with Crippen molar-refractivity contribution in [3.63, 3.8) is 0 Å². The summed E-state index contributed by atoms with van der Waals surface area (Å²) in [6.07, 6.45) is 0. The van der Waals surface area contributed by atoms with Crippen LogP contribution in [-0.4, -0.2) is 19.9 Å². The number of phenols is 1. The Balaban J connectivity index is 2.66. The zero-order valence-corrected chi connectivity index (χ0v) is 7.02. The summed E-state index contributed by atoms with van der Waals surface area (Å²) >= 11 is 0. The predicted molar refractivity (Wildman–Crippen MR) is 48.7 cm³/mol. The van der Waals surface area contributed by atoms with Gasteiger partial charge in [-0.15, -0.1) is 0 Å². The van der Waals surface area contributed by atoms with E-state index in [9.17, 15) is 9.59 Å². The highest BCUT2D eigenvalue weighted by molar-refractivity contribution is 5.36. The van der Waals surface area contributed by atoms with E-state index < -0.39 is 11.4 Å². The van der Waals surface area contributed by atoms with E-state index in [2.05, 4.69) is 10.2 Å². The van der Waals surface area contributed by atoms with E-state index in [1.807, 2.05) is 0 Å². The summed E-state index contributed by atoms with van der Waals surface area (Å²) in [5.41, 5.74) is -0.684. The molecule has 0 amide bonds. The maximum atomic E-state index is 11.1. The molecule has 3 N–H and O–H groups in total. The maximum Gasteiger partial charge on any atom is 0.348 e. The van der Waals surface area contributed by atoms with Crippen molar-refractivity contribution in [1.29, 1.82) is 0 Å². The summed E-state index contributed by atoms with van der Waals surface area (Å²) < 4.78 is 0.930. The molecule has 0 saturated heterocycles. The topological polar surface area (TPSA) is 90.9 Å². The van der Waals surface area contributed by atoms with Crippen LogP contribution in [0, 0.1) is 0 Å². The quantitative estimate of drug-likeness (QED) is 0.573. The molecule has 1 heterocycles. The molecule has 6 nitrogen and oxygen atoms in total. The number of hydrogen-bond acceptors (Lipinski definition) is 3. The van der Waals surface area contributed by atoms with Gasteiger partial charge in [-0.3, -0.25) is 0 Å². The van der Waals surface area contributed by atoms with Crippen molar-refractivity contribution in [1.82, 2.24) is 14.8 Å². The van der Waals surface area contributed by atoms with Gasteiger partial charge in [-0.25, -0.2) is 24.4 Å². The molecule has 6 heteroatoms. The van der Waals surface area contributed by atoms with Gasteiger partial charge in [0.05, 0.1) is 5.69 Å². The second-order valence-corrected chi connectivity index (χ2v) is 2.71. The van der Waals surface area contributed by atoms with Gasteiger partial charge in [0.2, 0.25) is 0 Å². The van der Waals surface area contributed by atoms with Crippen LogP contribution in [0.2, 0.25) is 0 Å². The third-order valence-electron chi connectivity index (χ3n) is 1.79. The Hall–Kier alpha value is -2.24. The molecule has 14 heavy (non-hydrogen) atoms. The number of hydrogen-bond donors (Lipinski definition) is 3. The molecule has 0 fully saturated rings. The van der Waals surface area contributed by atoms with Crippen LogP contribution >= 0.6 is 0 Å². The van der Waals surface area contributed by atoms with Crippen molar-refractivity contribution >= 4 is 0 Å². The van der Waals surface area contributed by atoms with Crippen LogP contribution in [-0.2, 0) is 0 Å². The van der Waals surface area contributed by atoms with Gasteiger partial charge >= 0.3 is 11.4 Å². The first-order valence-corrected chi connectivity index (χ1v) is 3.87. The number of rotatable bonds is 1. The Labute approximate surface area is 77.4 Å². The van der Waals surface area contributed by atoms with Gasteiger partial charge in [0, 0.05) is 0 Å². The molecule has 2 rings (SSSR count). The van der Waals surface area contributed by atoms with Crippen molar-refractivity contribution in [3.8, 4) is 11.4 Å². The number of nitrogens with zero attached hydrogens (tertiary/aromatic N) is 1. The zero-order valence-electron chi connectivity index (χ0n) is 7.02. The standard InChI is InChI=1S/C8H7N3O3/c12-6-3-1-5(2-4-6)11-7(13)9-10-8(11)14/h1-4,12H,(H,9,13)(H,10,14). The fraction of sp³-hybridized carbons (Fsp3) is 0. The Bertz CT molecular complexity index is 519. The van der Waals surface area contributed by atoms with Crippen LogP contribution < -0.4 is 11.4 Å². The predicted octanol–water partition coefficient (Wildman–Crippen LogP) is -0.441. The highest BCUT2D eigenvalue weighted by Gasteiger charge is 2.04. The number of benzene rings is 1. The summed E-state index contributed by atoms with van der Waals surface area (Å²) in [4.78, 5) is 22.3. The molecule has 2 aromatic rings. The first kappa shape index (κ1) is 8.36. The summed E-state index contributed by atoms with van der Waals surface area (Å²) in [6, 6.07) is 5.74. The molecule has 0 atom stereocenters. The molecule has 1 aromatic carbocycles. The number of nitrogens with one attached hydrogen (secondary N) is 2. The minimum absolute atomic E-state index is 0.0776. The molecule has 0 saturated carbocycles. The van der Waals surface area contributed by atoms with Gasteiger partial charge < -0.3 is 5.11 Å². The van der Waals surface area contributed by atoms with Crippen molar-refractivity contribution in [3.05, 3.63) is 45.2 Å². The van der Waals surface area contributed by atoms with Gasteiger partial charge in [0.25, 0.3) is 0 Å². The third kappa shape index (κ3) is 1.22. The largest absolute Gasteiger partial charge is 0.508 e. The molecule has 72 valence electrons. The maximum absolute atomic E-state index is 11.1. The van der Waals surface area contributed by atoms with E-state index in [1.54, 1.807) is 0 Å². The second kappa shape index (κ2) is 2.91. The van der Waals surface area contributed by atoms with Gasteiger partial charge in [0.1, 0.15) is 5.75 Å². The van der Waals surface area contributed by atoms with Crippen LogP contribution in [0.4, 0.5) is 0 Å². The average Bonchev–Trinajstić information content (AvgIpc) is 2.49. The number of phenolic OH excluding ortho intramolecular Hbond substituents is 1. The van der Waals surface area contributed by atoms with Crippen molar-refractivity contribution in [2.24, 2.45) is 0 Å². The Morgan fingerprint density at radius 3 is 2.00 bits per heavy atom. The summed E-state index contributed by atoms with van der Waals surface area (Å²) in [5.74, 6) is 0.0776. The SMILES string of the molecule is O=c1[nH][nH]c(=O)n1-c1ccc(O)cc1. The number of aromatic nitrogens is 3. The summed E-state index contributed by atoms with van der Waals surface area (Å²) in [7, 11) is 0. The summed E-state index contributed by atoms with van der Waals surface area (Å²) in [6.45, 7) is 0. The average molecular weight is 193 g/mol. The highest BCUT2D eigenvalue weighted by atomic mass is 16.3. The minimum atomic E-state index is -0.541. The van der Waals surface area contributed by atoms with Crippen molar-refractivity contribution in [2.45, 2.75) is 0 Å². The number of aromatic hydroxyl groups is 1. The molecule has 0 unspecified atom stereocenters. The molecule has 0 aliphatic carbocycles. The Kier molecular flexibility index (Phi) is 1.74. The fourth-order valence-electron chi connectivity index (χ4n) is 1.15. The molecule has 0 aliphatic heterocycles. The van der Waals surface area contributed by atoms with Gasteiger partial charge in [0.15, 0.2) is 0 Å². The lowest BCUT2D eigenvalue weighted by molar-refractivity contribution is 0.475.